The van der Waals surface area contributed by atoms with Gasteiger partial charge in [-0.05, 0) is 42.9 Å². The largest absolute Gasteiger partial charge is 0.331 e. The third-order valence-electron chi connectivity index (χ3n) is 5.85. The zero-order valence-electron chi connectivity index (χ0n) is 15.6. The zero-order valence-corrected chi connectivity index (χ0v) is 16.4. The van der Waals surface area contributed by atoms with Crippen LogP contribution < -0.4 is 5.56 Å². The number of imidazole rings is 1. The first-order valence-corrected chi connectivity index (χ1v) is 10.4. The molecule has 138 valence electrons. The van der Waals surface area contributed by atoms with Gasteiger partial charge in [0.2, 0.25) is 0 Å². The average Bonchev–Trinajstić information content (AvgIpc) is 3.19. The summed E-state index contributed by atoms with van der Waals surface area (Å²) in [5, 5.41) is 0.818. The Kier molecular flexibility index (Phi) is 3.90. The molecule has 0 saturated carbocycles. The maximum Gasteiger partial charge on any atom is 0.259 e. The Morgan fingerprint density at radius 2 is 2.15 bits per heavy atom. The van der Waals surface area contributed by atoms with E-state index in [2.05, 4.69) is 22.5 Å². The van der Waals surface area contributed by atoms with Crippen LogP contribution in [-0.4, -0.2) is 19.5 Å². The molecule has 1 unspecified atom stereocenters. The molecule has 0 aliphatic heterocycles. The molecule has 0 radical (unpaired) electrons. The first-order chi connectivity index (χ1) is 13.1. The minimum absolute atomic E-state index is 0.00112. The molecule has 0 saturated heterocycles. The van der Waals surface area contributed by atoms with Gasteiger partial charge in [0.25, 0.3) is 5.56 Å². The Hall–Kier alpha value is -2.47. The number of rotatable bonds is 3. The fraction of sp³-hybridized carbons (Fsp3) is 0.381. The molecule has 1 atom stereocenters. The second-order valence-electron chi connectivity index (χ2n) is 7.47. The Morgan fingerprint density at radius 3 is 2.96 bits per heavy atom. The maximum atomic E-state index is 12.8. The van der Waals surface area contributed by atoms with Gasteiger partial charge in [0.05, 0.1) is 22.8 Å². The van der Waals surface area contributed by atoms with E-state index in [0.29, 0.717) is 12.2 Å². The number of nitrogens with one attached hydrogen (secondary N) is 1. The SMILES string of the molecule is CCC1CCc2c(sc3nc(Cc4nc5ccccc5n4C)[nH]c(=O)c23)C1. The molecular weight excluding hydrogens is 356 g/mol. The summed E-state index contributed by atoms with van der Waals surface area (Å²) < 4.78 is 2.07. The monoisotopic (exact) mass is 378 g/mol. The number of hydrogen-bond donors (Lipinski definition) is 1. The molecule has 1 aliphatic carbocycles. The molecule has 5 rings (SSSR count). The van der Waals surface area contributed by atoms with Crippen LogP contribution >= 0.6 is 11.3 Å². The van der Waals surface area contributed by atoms with Crippen LogP contribution in [0, 0.1) is 5.92 Å². The Labute approximate surface area is 161 Å². The number of benzene rings is 1. The summed E-state index contributed by atoms with van der Waals surface area (Å²) in [5.74, 6) is 2.34. The normalized spacial score (nSPS) is 16.9. The standard InChI is InChI=1S/C21H22N4OS/c1-3-12-8-9-13-16(10-12)27-21-19(13)20(26)23-17(24-21)11-18-22-14-6-4-5-7-15(14)25(18)2/h4-7,12H,3,8-11H2,1-2H3,(H,23,24,26). The van der Waals surface area contributed by atoms with Crippen molar-refractivity contribution in [2.45, 2.75) is 39.0 Å². The first-order valence-electron chi connectivity index (χ1n) is 9.57. The highest BCUT2D eigenvalue weighted by Gasteiger charge is 2.24. The molecule has 1 aliphatic rings. The van der Waals surface area contributed by atoms with Crippen molar-refractivity contribution in [3.63, 3.8) is 0 Å². The molecular formula is C21H22N4OS. The van der Waals surface area contributed by atoms with Gasteiger partial charge in [0.15, 0.2) is 0 Å². The van der Waals surface area contributed by atoms with Crippen molar-refractivity contribution in [2.24, 2.45) is 13.0 Å². The summed E-state index contributed by atoms with van der Waals surface area (Å²) in [6.45, 7) is 2.25. The molecule has 1 aromatic carbocycles. The minimum Gasteiger partial charge on any atom is -0.331 e. The molecule has 6 heteroatoms. The third-order valence-corrected chi connectivity index (χ3v) is 7.00. The van der Waals surface area contributed by atoms with Crippen molar-refractivity contribution < 1.29 is 0 Å². The number of nitrogens with zero attached hydrogens (tertiary/aromatic N) is 3. The van der Waals surface area contributed by atoms with Crippen molar-refractivity contribution >= 4 is 32.6 Å². The van der Waals surface area contributed by atoms with Gasteiger partial charge < -0.3 is 9.55 Å². The van der Waals surface area contributed by atoms with Crippen molar-refractivity contribution in [1.82, 2.24) is 19.5 Å². The second kappa shape index (κ2) is 6.30. The third kappa shape index (κ3) is 2.70. The van der Waals surface area contributed by atoms with Crippen LogP contribution in [0.3, 0.4) is 0 Å². The van der Waals surface area contributed by atoms with Crippen molar-refractivity contribution in [1.29, 1.82) is 0 Å². The number of aromatic amines is 1. The Morgan fingerprint density at radius 1 is 1.30 bits per heavy atom. The van der Waals surface area contributed by atoms with Gasteiger partial charge in [0.1, 0.15) is 16.5 Å². The van der Waals surface area contributed by atoms with E-state index in [9.17, 15) is 4.79 Å². The lowest BCUT2D eigenvalue weighted by atomic mass is 9.86. The molecule has 27 heavy (non-hydrogen) atoms. The number of para-hydroxylation sites is 2. The van der Waals surface area contributed by atoms with Crippen LogP contribution in [0.25, 0.3) is 21.3 Å². The fourth-order valence-corrected chi connectivity index (χ4v) is 5.59. The van der Waals surface area contributed by atoms with Crippen LogP contribution in [0.1, 0.15) is 41.9 Å². The quantitative estimate of drug-likeness (QED) is 0.586. The summed E-state index contributed by atoms with van der Waals surface area (Å²) in [6, 6.07) is 8.07. The summed E-state index contributed by atoms with van der Waals surface area (Å²) in [7, 11) is 2.01. The summed E-state index contributed by atoms with van der Waals surface area (Å²) in [6.07, 6.45) is 5.00. The van der Waals surface area contributed by atoms with E-state index in [4.69, 9.17) is 9.97 Å². The van der Waals surface area contributed by atoms with E-state index in [-0.39, 0.29) is 5.56 Å². The van der Waals surface area contributed by atoms with Crippen LogP contribution in [-0.2, 0) is 26.3 Å². The Balaban J connectivity index is 1.56. The molecule has 1 N–H and O–H groups in total. The summed E-state index contributed by atoms with van der Waals surface area (Å²) in [4.78, 5) is 27.6. The van der Waals surface area contributed by atoms with Crippen LogP contribution in [0.4, 0.5) is 0 Å². The minimum atomic E-state index is 0.00112. The van der Waals surface area contributed by atoms with E-state index in [1.54, 1.807) is 11.3 Å². The van der Waals surface area contributed by atoms with Crippen molar-refractivity contribution in [3.05, 3.63) is 56.7 Å². The summed E-state index contributed by atoms with van der Waals surface area (Å²) in [5.41, 5.74) is 3.30. The van der Waals surface area contributed by atoms with Gasteiger partial charge in [-0.2, -0.15) is 0 Å². The maximum absolute atomic E-state index is 12.8. The van der Waals surface area contributed by atoms with Gasteiger partial charge in [-0.1, -0.05) is 25.5 Å². The summed E-state index contributed by atoms with van der Waals surface area (Å²) >= 11 is 1.71. The van der Waals surface area contributed by atoms with Crippen molar-refractivity contribution in [2.75, 3.05) is 0 Å². The number of hydrogen-bond acceptors (Lipinski definition) is 4. The van der Waals surface area contributed by atoms with Gasteiger partial charge in [-0.25, -0.2) is 9.97 Å². The lowest BCUT2D eigenvalue weighted by molar-refractivity contribution is 0.451. The molecule has 0 fully saturated rings. The van der Waals surface area contributed by atoms with Crippen LogP contribution in [0.5, 0.6) is 0 Å². The van der Waals surface area contributed by atoms with E-state index in [1.165, 1.54) is 23.3 Å². The molecule has 5 nitrogen and oxygen atoms in total. The average molecular weight is 379 g/mol. The predicted molar refractivity (Wildman–Crippen MR) is 110 cm³/mol. The fourth-order valence-electron chi connectivity index (χ4n) is 4.23. The molecule has 3 heterocycles. The molecule has 3 aromatic heterocycles. The number of aromatic nitrogens is 4. The Bertz CT molecular complexity index is 1220. The molecule has 0 spiro atoms. The van der Waals surface area contributed by atoms with E-state index < -0.39 is 0 Å². The van der Waals surface area contributed by atoms with Crippen LogP contribution in [0.15, 0.2) is 29.1 Å². The number of aryl methyl sites for hydroxylation is 2. The highest BCUT2D eigenvalue weighted by Crippen LogP contribution is 2.36. The van der Waals surface area contributed by atoms with Gasteiger partial charge in [0, 0.05) is 11.9 Å². The molecule has 0 bridgehead atoms. The zero-order chi connectivity index (χ0) is 18.5. The van der Waals surface area contributed by atoms with E-state index in [0.717, 1.165) is 45.8 Å². The number of H-pyrrole nitrogens is 1. The second-order valence-corrected chi connectivity index (χ2v) is 8.55. The van der Waals surface area contributed by atoms with Gasteiger partial charge in [-0.3, -0.25) is 4.79 Å². The van der Waals surface area contributed by atoms with Gasteiger partial charge in [-0.15, -0.1) is 11.3 Å². The lowest BCUT2D eigenvalue weighted by Gasteiger charge is -2.20. The molecule has 0 amide bonds. The smallest absolute Gasteiger partial charge is 0.259 e. The van der Waals surface area contributed by atoms with E-state index in [1.807, 2.05) is 25.2 Å². The molecule has 4 aromatic rings. The van der Waals surface area contributed by atoms with Crippen molar-refractivity contribution in [3.8, 4) is 0 Å². The van der Waals surface area contributed by atoms with Gasteiger partial charge >= 0.3 is 0 Å². The number of fused-ring (bicyclic) bond motifs is 4. The van der Waals surface area contributed by atoms with E-state index >= 15 is 0 Å². The number of thiophene rings is 1. The van der Waals surface area contributed by atoms with Crippen LogP contribution in [0.2, 0.25) is 0 Å². The highest BCUT2D eigenvalue weighted by atomic mass is 32.1. The topological polar surface area (TPSA) is 63.6 Å². The first kappa shape index (κ1) is 16.7. The highest BCUT2D eigenvalue weighted by molar-refractivity contribution is 7.18. The lowest BCUT2D eigenvalue weighted by Crippen LogP contribution is -2.16. The predicted octanol–water partition coefficient (Wildman–Crippen LogP) is 3.98.